The molecule has 0 spiro atoms. The van der Waals surface area contributed by atoms with Gasteiger partial charge in [0.2, 0.25) is 0 Å². The number of benzene rings is 1. The van der Waals surface area contributed by atoms with E-state index >= 15 is 0 Å². The Bertz CT molecular complexity index is 743. The van der Waals surface area contributed by atoms with E-state index < -0.39 is 23.5 Å². The first-order valence-corrected chi connectivity index (χ1v) is 8.64. The molecule has 0 fully saturated rings. The van der Waals surface area contributed by atoms with Crippen molar-refractivity contribution in [3.05, 3.63) is 51.5 Å². The molecule has 0 bridgehead atoms. The predicted molar refractivity (Wildman–Crippen MR) is 105 cm³/mol. The molecule has 2 N–H and O–H groups in total. The van der Waals surface area contributed by atoms with Crippen molar-refractivity contribution in [2.75, 3.05) is 13.1 Å². The molecular weight excluding hydrogens is 502 g/mol. The average Bonchev–Trinajstić information content (AvgIpc) is 3.01. The lowest BCUT2D eigenvalue weighted by atomic mass is 10.1. The van der Waals surface area contributed by atoms with Gasteiger partial charge in [0.05, 0.1) is 6.54 Å². The van der Waals surface area contributed by atoms with Gasteiger partial charge >= 0.3 is 6.18 Å². The summed E-state index contributed by atoms with van der Waals surface area (Å²) in [5, 5.41) is 7.09. The van der Waals surface area contributed by atoms with Gasteiger partial charge in [-0.1, -0.05) is 0 Å². The van der Waals surface area contributed by atoms with Crippen LogP contribution >= 0.6 is 35.3 Å². The molecule has 1 aromatic heterocycles. The summed E-state index contributed by atoms with van der Waals surface area (Å²) in [5.74, 6) is -0.914. The van der Waals surface area contributed by atoms with Crippen LogP contribution < -0.4 is 10.6 Å². The lowest BCUT2D eigenvalue weighted by molar-refractivity contribution is -0.140. The molecular formula is C16H18F5IN4S. The molecule has 11 heteroatoms. The third-order valence-corrected chi connectivity index (χ3v) is 4.02. The Morgan fingerprint density at radius 2 is 1.81 bits per heavy atom. The number of hydrogen-bond acceptors (Lipinski definition) is 3. The molecule has 0 saturated heterocycles. The fraction of sp³-hybridized carbons (Fsp3) is 0.375. The number of thiazole rings is 1. The van der Waals surface area contributed by atoms with Gasteiger partial charge in [0, 0.05) is 24.5 Å². The van der Waals surface area contributed by atoms with Crippen LogP contribution in [0.3, 0.4) is 0 Å². The smallest absolute Gasteiger partial charge is 0.357 e. The number of nitrogens with zero attached hydrogens (tertiary/aromatic N) is 2. The van der Waals surface area contributed by atoms with Gasteiger partial charge in [-0.15, -0.1) is 35.3 Å². The van der Waals surface area contributed by atoms with Crippen molar-refractivity contribution >= 4 is 41.3 Å². The van der Waals surface area contributed by atoms with Gasteiger partial charge < -0.3 is 10.6 Å². The summed E-state index contributed by atoms with van der Waals surface area (Å²) in [6.07, 6.45) is -4.12. The van der Waals surface area contributed by atoms with E-state index in [-0.39, 0.29) is 35.5 Å². The van der Waals surface area contributed by atoms with E-state index in [2.05, 4.69) is 20.6 Å². The third kappa shape index (κ3) is 7.95. The first kappa shape index (κ1) is 23.5. The minimum atomic E-state index is -4.47. The lowest BCUT2D eigenvalue weighted by Crippen LogP contribution is -2.38. The van der Waals surface area contributed by atoms with Crippen LogP contribution in [0.4, 0.5) is 22.0 Å². The van der Waals surface area contributed by atoms with Crippen molar-refractivity contribution in [2.24, 2.45) is 4.99 Å². The summed E-state index contributed by atoms with van der Waals surface area (Å²) in [7, 11) is 0. The van der Waals surface area contributed by atoms with Gasteiger partial charge in [0.25, 0.3) is 0 Å². The van der Waals surface area contributed by atoms with Crippen molar-refractivity contribution in [3.8, 4) is 0 Å². The van der Waals surface area contributed by atoms with Gasteiger partial charge in [-0.05, 0) is 31.0 Å². The quantitative estimate of drug-likeness (QED) is 0.258. The minimum absolute atomic E-state index is 0. The zero-order chi connectivity index (χ0) is 19.2. The normalized spacial score (nSPS) is 11.9. The second-order valence-corrected chi connectivity index (χ2v) is 6.22. The molecule has 2 rings (SSSR count). The van der Waals surface area contributed by atoms with E-state index in [4.69, 9.17) is 0 Å². The van der Waals surface area contributed by atoms with Crippen LogP contribution in [0.2, 0.25) is 0 Å². The molecule has 0 aliphatic carbocycles. The molecule has 2 aromatic rings. The van der Waals surface area contributed by atoms with E-state index in [1.54, 1.807) is 0 Å². The Morgan fingerprint density at radius 3 is 2.37 bits per heavy atom. The van der Waals surface area contributed by atoms with E-state index in [9.17, 15) is 22.0 Å². The molecule has 0 aliphatic rings. The van der Waals surface area contributed by atoms with Crippen LogP contribution in [0.1, 0.15) is 23.2 Å². The Hall–Kier alpha value is -1.50. The number of aliphatic imine (C=N–C) groups is 1. The largest absolute Gasteiger partial charge is 0.434 e. The number of aromatic nitrogens is 1. The summed E-state index contributed by atoms with van der Waals surface area (Å²) in [6.45, 7) is 2.72. The minimum Gasteiger partial charge on any atom is -0.357 e. The Morgan fingerprint density at radius 1 is 1.15 bits per heavy atom. The molecule has 0 amide bonds. The Balaban J connectivity index is 0.00000364. The van der Waals surface area contributed by atoms with Crippen molar-refractivity contribution in [2.45, 2.75) is 26.1 Å². The maximum atomic E-state index is 13.1. The van der Waals surface area contributed by atoms with Crippen LogP contribution in [0.5, 0.6) is 0 Å². The second kappa shape index (κ2) is 10.7. The lowest BCUT2D eigenvalue weighted by Gasteiger charge is -2.11. The molecule has 4 nitrogen and oxygen atoms in total. The number of halogens is 6. The zero-order valence-corrected chi connectivity index (χ0v) is 17.4. The van der Waals surface area contributed by atoms with Crippen LogP contribution in [0.15, 0.2) is 28.6 Å². The first-order chi connectivity index (χ1) is 12.3. The van der Waals surface area contributed by atoms with Gasteiger partial charge in [-0.2, -0.15) is 13.2 Å². The van der Waals surface area contributed by atoms with Crippen molar-refractivity contribution < 1.29 is 22.0 Å². The molecule has 150 valence electrons. The second-order valence-electron chi connectivity index (χ2n) is 5.27. The van der Waals surface area contributed by atoms with Crippen molar-refractivity contribution in [3.63, 3.8) is 0 Å². The third-order valence-electron chi connectivity index (χ3n) is 3.19. The zero-order valence-electron chi connectivity index (χ0n) is 14.2. The van der Waals surface area contributed by atoms with Crippen LogP contribution in [0, 0.1) is 11.6 Å². The molecule has 0 atom stereocenters. The molecule has 27 heavy (non-hydrogen) atoms. The monoisotopic (exact) mass is 520 g/mol. The summed E-state index contributed by atoms with van der Waals surface area (Å²) in [6, 6.07) is 3.28. The highest BCUT2D eigenvalue weighted by Crippen LogP contribution is 2.30. The summed E-state index contributed by atoms with van der Waals surface area (Å²) >= 11 is 0.883. The molecule has 0 saturated carbocycles. The number of guanidine groups is 1. The highest BCUT2D eigenvalue weighted by atomic mass is 127. The number of nitrogens with one attached hydrogen (secondary N) is 2. The summed E-state index contributed by atoms with van der Waals surface area (Å²) in [5.41, 5.74) is -0.445. The fourth-order valence-corrected chi connectivity index (χ4v) is 2.81. The highest BCUT2D eigenvalue weighted by Gasteiger charge is 2.33. The van der Waals surface area contributed by atoms with Gasteiger partial charge in [0.15, 0.2) is 11.7 Å². The van der Waals surface area contributed by atoms with Gasteiger partial charge in [-0.25, -0.2) is 18.8 Å². The molecule has 0 unspecified atom stereocenters. The van der Waals surface area contributed by atoms with E-state index in [1.165, 1.54) is 12.1 Å². The number of hydrogen-bond donors (Lipinski definition) is 2. The Labute approximate surface area is 174 Å². The topological polar surface area (TPSA) is 49.3 Å². The predicted octanol–water partition coefficient (Wildman–Crippen LogP) is 4.36. The van der Waals surface area contributed by atoms with Gasteiger partial charge in [0.1, 0.15) is 16.6 Å². The molecule has 0 aliphatic heterocycles. The standard InChI is InChI=1S/C16H17F5N4S.HI/c1-2-22-15(23-4-3-10-5-11(17)7-12(18)6-10)24-8-14-25-13(9-26-14)16(19,20)21;/h5-7,9H,2-4,8H2,1H3,(H2,22,23,24);1H. The van der Waals surface area contributed by atoms with Crippen molar-refractivity contribution in [1.82, 2.24) is 15.6 Å². The SMILES string of the molecule is CCNC(=NCc1nc(C(F)(F)F)cs1)NCCc1cc(F)cc(F)c1.I. The highest BCUT2D eigenvalue weighted by molar-refractivity contribution is 14.0. The number of alkyl halides is 3. The number of rotatable bonds is 6. The van der Waals surface area contributed by atoms with E-state index in [0.29, 0.717) is 31.0 Å². The maximum Gasteiger partial charge on any atom is 0.434 e. The fourth-order valence-electron chi connectivity index (χ4n) is 2.08. The van der Waals surface area contributed by atoms with E-state index in [1.807, 2.05) is 6.92 Å². The molecule has 1 heterocycles. The average molecular weight is 520 g/mol. The van der Waals surface area contributed by atoms with Crippen LogP contribution in [0.25, 0.3) is 0 Å². The molecule has 1 aromatic carbocycles. The maximum absolute atomic E-state index is 13.1. The van der Waals surface area contributed by atoms with Crippen LogP contribution in [-0.2, 0) is 19.1 Å². The first-order valence-electron chi connectivity index (χ1n) is 7.76. The van der Waals surface area contributed by atoms with Crippen LogP contribution in [-0.4, -0.2) is 24.0 Å². The Kier molecular flexibility index (Phi) is 9.36. The van der Waals surface area contributed by atoms with E-state index in [0.717, 1.165) is 22.8 Å². The van der Waals surface area contributed by atoms with Gasteiger partial charge in [-0.3, -0.25) is 0 Å². The van der Waals surface area contributed by atoms with Crippen molar-refractivity contribution in [1.29, 1.82) is 0 Å². The molecule has 0 radical (unpaired) electrons. The summed E-state index contributed by atoms with van der Waals surface area (Å²) < 4.78 is 63.9. The summed E-state index contributed by atoms with van der Waals surface area (Å²) in [4.78, 5) is 7.68.